The zero-order valence-corrected chi connectivity index (χ0v) is 9.46. The van der Waals surface area contributed by atoms with Crippen molar-refractivity contribution in [3.63, 3.8) is 0 Å². The Kier molecular flexibility index (Phi) is 2.16. The first-order chi connectivity index (χ1) is 6.58. The number of aromatic nitrogens is 1. The fourth-order valence-electron chi connectivity index (χ4n) is 1.78. The Labute approximate surface area is 88.8 Å². The van der Waals surface area contributed by atoms with Gasteiger partial charge in [-0.05, 0) is 49.6 Å². The van der Waals surface area contributed by atoms with Crippen molar-refractivity contribution in [3.8, 4) is 0 Å². The highest BCUT2D eigenvalue weighted by atomic mass is 32.1. The van der Waals surface area contributed by atoms with Gasteiger partial charge in [0.15, 0.2) is 0 Å². The lowest BCUT2D eigenvalue weighted by molar-refractivity contribution is 1.28. The molecule has 0 aliphatic carbocycles. The van der Waals surface area contributed by atoms with Gasteiger partial charge < -0.3 is 4.98 Å². The number of pyridine rings is 1. The summed E-state index contributed by atoms with van der Waals surface area (Å²) in [6.45, 7) is 6.27. The third kappa shape index (κ3) is 1.46. The Hall–Kier alpha value is -1.15. The van der Waals surface area contributed by atoms with Gasteiger partial charge in [-0.1, -0.05) is 18.3 Å². The lowest BCUT2D eigenvalue weighted by atomic mass is 10.1. The maximum atomic E-state index is 5.21. The zero-order chi connectivity index (χ0) is 10.3. The first-order valence-corrected chi connectivity index (χ1v) is 5.09. The lowest BCUT2D eigenvalue weighted by Gasteiger charge is -2.05. The molecule has 1 heterocycles. The molecule has 0 radical (unpaired) electrons. The van der Waals surface area contributed by atoms with Gasteiger partial charge in [-0.25, -0.2) is 0 Å². The molecular weight excluding hydrogens is 190 g/mol. The van der Waals surface area contributed by atoms with Crippen molar-refractivity contribution in [2.75, 3.05) is 0 Å². The van der Waals surface area contributed by atoms with Crippen molar-refractivity contribution in [1.29, 1.82) is 0 Å². The van der Waals surface area contributed by atoms with Crippen LogP contribution in [0.3, 0.4) is 0 Å². The Morgan fingerprint density at radius 3 is 2.43 bits per heavy atom. The van der Waals surface area contributed by atoms with Gasteiger partial charge >= 0.3 is 0 Å². The van der Waals surface area contributed by atoms with E-state index < -0.39 is 0 Å². The maximum absolute atomic E-state index is 5.21. The summed E-state index contributed by atoms with van der Waals surface area (Å²) in [5.41, 5.74) is 4.84. The molecule has 0 fully saturated rings. The molecule has 0 spiro atoms. The van der Waals surface area contributed by atoms with Gasteiger partial charge in [-0.2, -0.15) is 0 Å². The minimum atomic E-state index is 0.836. The van der Waals surface area contributed by atoms with Gasteiger partial charge in [0.1, 0.15) is 4.64 Å². The van der Waals surface area contributed by atoms with Gasteiger partial charge in [0, 0.05) is 10.9 Å². The molecule has 0 unspecified atom stereocenters. The van der Waals surface area contributed by atoms with Crippen LogP contribution in [0.1, 0.15) is 16.7 Å². The number of hydrogen-bond acceptors (Lipinski definition) is 1. The number of aryl methyl sites for hydroxylation is 3. The van der Waals surface area contributed by atoms with Gasteiger partial charge in [0.05, 0.1) is 0 Å². The summed E-state index contributed by atoms with van der Waals surface area (Å²) in [5, 5.41) is 1.27. The first-order valence-electron chi connectivity index (χ1n) is 4.69. The smallest absolute Gasteiger partial charge is 0.106 e. The topological polar surface area (TPSA) is 15.8 Å². The van der Waals surface area contributed by atoms with Gasteiger partial charge in [0.2, 0.25) is 0 Å². The third-order valence-electron chi connectivity index (χ3n) is 2.50. The monoisotopic (exact) mass is 203 g/mol. The van der Waals surface area contributed by atoms with E-state index in [9.17, 15) is 0 Å². The average molecular weight is 203 g/mol. The molecule has 0 saturated heterocycles. The quantitative estimate of drug-likeness (QED) is 0.643. The van der Waals surface area contributed by atoms with Crippen LogP contribution < -0.4 is 0 Å². The minimum absolute atomic E-state index is 0.836. The predicted molar refractivity (Wildman–Crippen MR) is 63.3 cm³/mol. The second kappa shape index (κ2) is 3.21. The maximum Gasteiger partial charge on any atom is 0.106 e. The fraction of sp³-hybridized carbons (Fsp3) is 0.250. The van der Waals surface area contributed by atoms with Crippen LogP contribution in [0.25, 0.3) is 10.9 Å². The fourth-order valence-corrected chi connectivity index (χ4v) is 1.95. The van der Waals surface area contributed by atoms with Crippen molar-refractivity contribution in [1.82, 2.24) is 4.98 Å². The molecule has 1 aromatic heterocycles. The van der Waals surface area contributed by atoms with Crippen LogP contribution in [-0.4, -0.2) is 4.98 Å². The number of H-pyrrole nitrogens is 1. The molecule has 1 nitrogen and oxygen atoms in total. The van der Waals surface area contributed by atoms with E-state index in [2.05, 4.69) is 37.0 Å². The first kappa shape index (κ1) is 9.41. The van der Waals surface area contributed by atoms with Crippen molar-refractivity contribution >= 4 is 23.1 Å². The van der Waals surface area contributed by atoms with Gasteiger partial charge in [-0.15, -0.1) is 0 Å². The van der Waals surface area contributed by atoms with E-state index >= 15 is 0 Å². The van der Waals surface area contributed by atoms with E-state index in [0.29, 0.717) is 0 Å². The summed E-state index contributed by atoms with van der Waals surface area (Å²) < 4.78 is 0.836. The molecule has 0 aliphatic rings. The highest BCUT2D eigenvalue weighted by molar-refractivity contribution is 7.71. The second-order valence-electron chi connectivity index (χ2n) is 3.82. The van der Waals surface area contributed by atoms with Crippen LogP contribution in [0.5, 0.6) is 0 Å². The molecule has 2 aromatic rings. The van der Waals surface area contributed by atoms with Crippen LogP contribution in [0.2, 0.25) is 0 Å². The number of aromatic amines is 1. The molecule has 0 amide bonds. The molecule has 0 bridgehead atoms. The largest absolute Gasteiger partial charge is 0.346 e. The summed E-state index contributed by atoms with van der Waals surface area (Å²) in [6.07, 6.45) is 0. The molecule has 2 heteroatoms. The number of nitrogens with one attached hydrogen (secondary N) is 1. The Morgan fingerprint density at radius 1 is 1.00 bits per heavy atom. The Bertz CT molecular complexity index is 552. The number of rotatable bonds is 0. The highest BCUT2D eigenvalue weighted by Gasteiger charge is 2.00. The molecule has 0 aliphatic heterocycles. The van der Waals surface area contributed by atoms with Crippen molar-refractivity contribution in [2.24, 2.45) is 0 Å². The normalized spacial score (nSPS) is 10.8. The summed E-state index contributed by atoms with van der Waals surface area (Å²) in [6, 6.07) is 6.49. The zero-order valence-electron chi connectivity index (χ0n) is 8.64. The van der Waals surface area contributed by atoms with Crippen LogP contribution in [0, 0.1) is 25.4 Å². The molecule has 72 valence electrons. The molecule has 0 atom stereocenters. The van der Waals surface area contributed by atoms with Gasteiger partial charge in [0.25, 0.3) is 0 Å². The number of benzene rings is 1. The third-order valence-corrected chi connectivity index (χ3v) is 2.92. The van der Waals surface area contributed by atoms with E-state index in [1.54, 1.807) is 0 Å². The summed E-state index contributed by atoms with van der Waals surface area (Å²) >= 11 is 5.21. The van der Waals surface area contributed by atoms with Crippen LogP contribution in [0.4, 0.5) is 0 Å². The molecule has 0 saturated carbocycles. The van der Waals surface area contributed by atoms with E-state index in [-0.39, 0.29) is 0 Å². The van der Waals surface area contributed by atoms with E-state index in [1.165, 1.54) is 16.5 Å². The molecule has 1 N–H and O–H groups in total. The Morgan fingerprint density at radius 2 is 1.71 bits per heavy atom. The van der Waals surface area contributed by atoms with Gasteiger partial charge in [-0.3, -0.25) is 0 Å². The van der Waals surface area contributed by atoms with Crippen molar-refractivity contribution in [3.05, 3.63) is 39.5 Å². The van der Waals surface area contributed by atoms with E-state index in [0.717, 1.165) is 15.7 Å². The summed E-state index contributed by atoms with van der Waals surface area (Å²) in [4.78, 5) is 3.25. The van der Waals surface area contributed by atoms with Crippen molar-refractivity contribution < 1.29 is 0 Å². The summed E-state index contributed by atoms with van der Waals surface area (Å²) in [7, 11) is 0. The van der Waals surface area contributed by atoms with E-state index in [4.69, 9.17) is 12.2 Å². The molecular formula is C12H13NS. The number of fused-ring (bicyclic) bond motifs is 1. The van der Waals surface area contributed by atoms with Crippen LogP contribution in [-0.2, 0) is 0 Å². The molecule has 1 aromatic carbocycles. The molecule has 14 heavy (non-hydrogen) atoms. The number of hydrogen-bond donors (Lipinski definition) is 1. The van der Waals surface area contributed by atoms with E-state index in [1.807, 2.05) is 6.92 Å². The summed E-state index contributed by atoms with van der Waals surface area (Å²) in [5.74, 6) is 0. The second-order valence-corrected chi connectivity index (χ2v) is 4.23. The standard InChI is InChI=1S/C12H13NS/c1-7-4-8(2)10-6-9(3)12(14)13-11(10)5-7/h4-6H,1-3H3,(H,13,14). The molecule has 2 rings (SSSR count). The predicted octanol–water partition coefficient (Wildman–Crippen LogP) is 3.82. The van der Waals surface area contributed by atoms with Crippen LogP contribution in [0.15, 0.2) is 18.2 Å². The lowest BCUT2D eigenvalue weighted by Crippen LogP contribution is -1.88. The minimum Gasteiger partial charge on any atom is -0.346 e. The average Bonchev–Trinajstić information content (AvgIpc) is 2.08. The van der Waals surface area contributed by atoms with Crippen LogP contribution >= 0.6 is 12.2 Å². The Balaban J connectivity index is 2.96. The SMILES string of the molecule is Cc1cc(C)c2cc(C)c(=S)[nH]c2c1. The highest BCUT2D eigenvalue weighted by Crippen LogP contribution is 2.20. The van der Waals surface area contributed by atoms with Crippen molar-refractivity contribution in [2.45, 2.75) is 20.8 Å².